The van der Waals surface area contributed by atoms with E-state index < -0.39 is 36.1 Å². The average Bonchev–Trinajstić information content (AvgIpc) is 2.26. The van der Waals surface area contributed by atoms with Gasteiger partial charge in [-0.3, -0.25) is 9.59 Å². The third-order valence-electron chi connectivity index (χ3n) is 2.24. The normalized spacial score (nSPS) is 11.6. The number of carbonyl (C=O) groups is 3. The Morgan fingerprint density at radius 3 is 2.42 bits per heavy atom. The number of nitrogens with one attached hydrogen (secondary N) is 1. The van der Waals surface area contributed by atoms with Crippen molar-refractivity contribution in [2.24, 2.45) is 0 Å². The van der Waals surface area contributed by atoms with Crippen LogP contribution in [0.25, 0.3) is 0 Å². The summed E-state index contributed by atoms with van der Waals surface area (Å²) in [7, 11) is 0. The van der Waals surface area contributed by atoms with Crippen LogP contribution in [-0.2, 0) is 9.59 Å². The van der Waals surface area contributed by atoms with Gasteiger partial charge in [-0.1, -0.05) is 0 Å². The lowest BCUT2D eigenvalue weighted by atomic mass is 10.1. The SMILES string of the molecule is Nc1cc(F)ccc1C(=O)NC(CC(=O)O)C(=O)O. The molecule has 0 aromatic heterocycles. The van der Waals surface area contributed by atoms with Crippen molar-refractivity contribution in [3.05, 3.63) is 29.6 Å². The van der Waals surface area contributed by atoms with E-state index in [0.29, 0.717) is 0 Å². The molecule has 1 atom stereocenters. The van der Waals surface area contributed by atoms with Crippen LogP contribution in [0.1, 0.15) is 16.8 Å². The van der Waals surface area contributed by atoms with Gasteiger partial charge in [0.15, 0.2) is 0 Å². The van der Waals surface area contributed by atoms with Gasteiger partial charge in [0, 0.05) is 5.69 Å². The van der Waals surface area contributed by atoms with Crippen LogP contribution >= 0.6 is 0 Å². The van der Waals surface area contributed by atoms with Gasteiger partial charge < -0.3 is 21.3 Å². The van der Waals surface area contributed by atoms with Crippen molar-refractivity contribution >= 4 is 23.5 Å². The Kier molecular flexibility index (Phi) is 4.41. The number of rotatable bonds is 5. The Balaban J connectivity index is 2.87. The summed E-state index contributed by atoms with van der Waals surface area (Å²) in [5, 5.41) is 19.3. The number of nitrogens with two attached hydrogens (primary N) is 1. The van der Waals surface area contributed by atoms with Gasteiger partial charge in [-0.2, -0.15) is 0 Å². The van der Waals surface area contributed by atoms with E-state index in [1.165, 1.54) is 0 Å². The van der Waals surface area contributed by atoms with Gasteiger partial charge in [0.2, 0.25) is 0 Å². The Morgan fingerprint density at radius 2 is 1.95 bits per heavy atom. The molecular formula is C11H11FN2O5. The molecule has 0 aliphatic heterocycles. The van der Waals surface area contributed by atoms with Crippen molar-refractivity contribution in [2.75, 3.05) is 5.73 Å². The van der Waals surface area contributed by atoms with Crippen LogP contribution in [-0.4, -0.2) is 34.1 Å². The average molecular weight is 270 g/mol. The summed E-state index contributed by atoms with van der Waals surface area (Å²) < 4.78 is 12.8. The molecule has 0 spiro atoms. The quantitative estimate of drug-likeness (QED) is 0.560. The number of halogens is 1. The zero-order chi connectivity index (χ0) is 14.6. The van der Waals surface area contributed by atoms with Gasteiger partial charge >= 0.3 is 11.9 Å². The lowest BCUT2D eigenvalue weighted by Gasteiger charge is -2.13. The molecule has 102 valence electrons. The number of carboxylic acid groups (broad SMARTS) is 2. The highest BCUT2D eigenvalue weighted by molar-refractivity contribution is 6.01. The molecule has 0 saturated carbocycles. The molecule has 7 nitrogen and oxygen atoms in total. The lowest BCUT2D eigenvalue weighted by molar-refractivity contribution is -0.145. The van der Waals surface area contributed by atoms with Crippen LogP contribution in [0.3, 0.4) is 0 Å². The highest BCUT2D eigenvalue weighted by Crippen LogP contribution is 2.13. The first-order valence-corrected chi connectivity index (χ1v) is 5.11. The lowest BCUT2D eigenvalue weighted by Crippen LogP contribution is -2.42. The Labute approximate surface area is 106 Å². The Bertz CT molecular complexity index is 532. The number of carbonyl (C=O) groups excluding carboxylic acids is 1. The number of hydrogen-bond acceptors (Lipinski definition) is 4. The first-order valence-electron chi connectivity index (χ1n) is 5.11. The molecule has 5 N–H and O–H groups in total. The van der Waals surface area contributed by atoms with Gasteiger partial charge in [0.25, 0.3) is 5.91 Å². The smallest absolute Gasteiger partial charge is 0.326 e. The molecular weight excluding hydrogens is 259 g/mol. The van der Waals surface area contributed by atoms with E-state index in [4.69, 9.17) is 15.9 Å². The van der Waals surface area contributed by atoms with E-state index in [-0.39, 0.29) is 11.3 Å². The second-order valence-electron chi connectivity index (χ2n) is 3.69. The van der Waals surface area contributed by atoms with Crippen LogP contribution in [0.2, 0.25) is 0 Å². The number of amides is 1. The van der Waals surface area contributed by atoms with E-state index >= 15 is 0 Å². The second kappa shape index (κ2) is 5.80. The van der Waals surface area contributed by atoms with Crippen LogP contribution in [0.15, 0.2) is 18.2 Å². The molecule has 1 rings (SSSR count). The van der Waals surface area contributed by atoms with E-state index in [1.54, 1.807) is 0 Å². The summed E-state index contributed by atoms with van der Waals surface area (Å²) in [5.41, 5.74) is 5.11. The molecule has 0 aliphatic carbocycles. The summed E-state index contributed by atoms with van der Waals surface area (Å²) in [6.07, 6.45) is -0.776. The molecule has 0 saturated heterocycles. The zero-order valence-electron chi connectivity index (χ0n) is 9.59. The van der Waals surface area contributed by atoms with Crippen LogP contribution in [0, 0.1) is 5.82 Å². The zero-order valence-corrected chi connectivity index (χ0v) is 9.59. The predicted molar refractivity (Wildman–Crippen MR) is 62.0 cm³/mol. The topological polar surface area (TPSA) is 130 Å². The van der Waals surface area contributed by atoms with Gasteiger partial charge in [0.05, 0.1) is 12.0 Å². The molecule has 19 heavy (non-hydrogen) atoms. The number of aliphatic carboxylic acids is 2. The molecule has 0 radical (unpaired) electrons. The minimum atomic E-state index is -1.59. The van der Waals surface area contributed by atoms with Crippen molar-refractivity contribution in [2.45, 2.75) is 12.5 Å². The van der Waals surface area contributed by atoms with E-state index in [2.05, 4.69) is 0 Å². The number of hydrogen-bond donors (Lipinski definition) is 4. The minimum absolute atomic E-state index is 0.127. The van der Waals surface area contributed by atoms with Crippen LogP contribution < -0.4 is 11.1 Å². The van der Waals surface area contributed by atoms with E-state index in [9.17, 15) is 18.8 Å². The highest BCUT2D eigenvalue weighted by atomic mass is 19.1. The Morgan fingerprint density at radius 1 is 1.32 bits per heavy atom. The first kappa shape index (κ1) is 14.4. The fourth-order valence-electron chi connectivity index (χ4n) is 1.35. The molecule has 0 bridgehead atoms. The van der Waals surface area contributed by atoms with E-state index in [0.717, 1.165) is 18.2 Å². The first-order chi connectivity index (χ1) is 8.81. The maximum absolute atomic E-state index is 12.8. The van der Waals surface area contributed by atoms with Crippen LogP contribution in [0.5, 0.6) is 0 Å². The van der Waals surface area contributed by atoms with Crippen molar-refractivity contribution in [3.63, 3.8) is 0 Å². The standard InChI is InChI=1S/C11H11FN2O5/c12-5-1-2-6(7(13)3-5)10(17)14-8(11(18)19)4-9(15)16/h1-3,8H,4,13H2,(H,14,17)(H,15,16)(H,18,19). The monoisotopic (exact) mass is 270 g/mol. The maximum atomic E-state index is 12.8. The molecule has 0 heterocycles. The van der Waals surface area contributed by atoms with Crippen LogP contribution in [0.4, 0.5) is 10.1 Å². The number of carboxylic acids is 2. The molecule has 8 heteroatoms. The summed E-state index contributed by atoms with van der Waals surface area (Å²) in [5.74, 6) is -4.39. The highest BCUT2D eigenvalue weighted by Gasteiger charge is 2.24. The fourth-order valence-corrected chi connectivity index (χ4v) is 1.35. The number of anilines is 1. The summed E-state index contributed by atoms with van der Waals surface area (Å²) >= 11 is 0. The van der Waals surface area contributed by atoms with Crippen molar-refractivity contribution < 1.29 is 29.0 Å². The molecule has 1 amide bonds. The van der Waals surface area contributed by atoms with E-state index in [1.807, 2.05) is 5.32 Å². The molecule has 0 aliphatic rings. The van der Waals surface area contributed by atoms with Gasteiger partial charge in [-0.15, -0.1) is 0 Å². The minimum Gasteiger partial charge on any atom is -0.481 e. The molecule has 1 aromatic rings. The predicted octanol–water partition coefficient (Wildman–Crippen LogP) is 0.0656. The second-order valence-corrected chi connectivity index (χ2v) is 3.69. The van der Waals surface area contributed by atoms with Gasteiger partial charge in [-0.05, 0) is 18.2 Å². The van der Waals surface area contributed by atoms with Gasteiger partial charge in [0.1, 0.15) is 11.9 Å². The van der Waals surface area contributed by atoms with Gasteiger partial charge in [-0.25, -0.2) is 9.18 Å². The third kappa shape index (κ3) is 3.95. The number of nitrogen functional groups attached to an aromatic ring is 1. The summed E-state index contributed by atoms with van der Waals surface area (Å²) in [6.45, 7) is 0. The molecule has 1 aromatic carbocycles. The van der Waals surface area contributed by atoms with Crippen molar-refractivity contribution in [3.8, 4) is 0 Å². The Hall–Kier alpha value is -2.64. The molecule has 0 fully saturated rings. The largest absolute Gasteiger partial charge is 0.481 e. The maximum Gasteiger partial charge on any atom is 0.326 e. The van der Waals surface area contributed by atoms with Crippen molar-refractivity contribution in [1.82, 2.24) is 5.32 Å². The number of benzene rings is 1. The summed E-state index contributed by atoms with van der Waals surface area (Å²) in [4.78, 5) is 32.9. The third-order valence-corrected chi connectivity index (χ3v) is 2.24. The van der Waals surface area contributed by atoms with Crippen molar-refractivity contribution in [1.29, 1.82) is 0 Å². The fraction of sp³-hybridized carbons (Fsp3) is 0.182. The summed E-state index contributed by atoms with van der Waals surface area (Å²) in [6, 6.07) is 1.38. The molecule has 1 unspecified atom stereocenters.